The van der Waals surface area contributed by atoms with Gasteiger partial charge in [-0.3, -0.25) is 14.8 Å². The van der Waals surface area contributed by atoms with Gasteiger partial charge in [0.2, 0.25) is 0 Å². The number of carbonyl (C=O) groups excluding carboxylic acids is 1. The number of halogens is 2. The molecule has 2 aromatic rings. The van der Waals surface area contributed by atoms with E-state index >= 15 is 0 Å². The summed E-state index contributed by atoms with van der Waals surface area (Å²) in [6.07, 6.45) is 7.03. The lowest BCUT2D eigenvalue weighted by Crippen LogP contribution is -2.43. The Morgan fingerprint density at radius 3 is 2.83 bits per heavy atom. The number of hydrogen-bond acceptors (Lipinski definition) is 6. The third-order valence-electron chi connectivity index (χ3n) is 8.30. The number of benzene rings is 1. The quantitative estimate of drug-likeness (QED) is 0.564. The molecule has 0 bridgehead atoms. The molecule has 1 aromatic carbocycles. The number of allylic oxidation sites excluding steroid dienone is 5. The Morgan fingerprint density at radius 2 is 2.02 bits per heavy atom. The lowest BCUT2D eigenvalue weighted by Gasteiger charge is -2.34. The number of nitrogens with zero attached hydrogens (tertiary/aromatic N) is 5. The first-order valence-electron chi connectivity index (χ1n) is 13.9. The standard InChI is InChI=1S/C30H34F2N6O2/c1-17(11-18-12-20(31)3-4-21(32)13-18)34-24-5-8-33-29(39)27(24)28-35-25-14-19-16-38(22-6-9-37(2)10-7-22)30(40)23(19)15-26(25)36-28/h3-4,8,12,14-15,17,22,27,29,39H,5-7,9-11,13,16H2,1-2H3,(H,35,36). The van der Waals surface area contributed by atoms with Gasteiger partial charge in [0.25, 0.3) is 5.91 Å². The number of hydrogen-bond donors (Lipinski definition) is 2. The molecule has 4 heterocycles. The lowest BCUT2D eigenvalue weighted by atomic mass is 9.95. The van der Waals surface area contributed by atoms with Crippen LogP contribution in [0.15, 0.2) is 57.6 Å². The van der Waals surface area contributed by atoms with Gasteiger partial charge in [0, 0.05) is 42.9 Å². The van der Waals surface area contributed by atoms with Crippen molar-refractivity contribution in [3.63, 3.8) is 0 Å². The summed E-state index contributed by atoms with van der Waals surface area (Å²) in [4.78, 5) is 34.8. The molecule has 8 nitrogen and oxygen atoms in total. The first-order chi connectivity index (χ1) is 19.2. The summed E-state index contributed by atoms with van der Waals surface area (Å²) in [7, 11) is 2.11. The van der Waals surface area contributed by atoms with Crippen molar-refractivity contribution in [1.82, 2.24) is 19.8 Å². The molecule has 1 aliphatic carbocycles. The van der Waals surface area contributed by atoms with Gasteiger partial charge in [-0.2, -0.15) is 0 Å². The van der Waals surface area contributed by atoms with Gasteiger partial charge in [-0.05, 0) is 82.2 Å². The second-order valence-corrected chi connectivity index (χ2v) is 11.4. The number of piperidine rings is 1. The summed E-state index contributed by atoms with van der Waals surface area (Å²) in [6, 6.07) is 3.83. The monoisotopic (exact) mass is 548 g/mol. The Bertz CT molecular complexity index is 1480. The highest BCUT2D eigenvalue weighted by Crippen LogP contribution is 2.33. The molecule has 3 aliphatic heterocycles. The van der Waals surface area contributed by atoms with Crippen molar-refractivity contribution in [3.8, 4) is 0 Å². The zero-order valence-corrected chi connectivity index (χ0v) is 22.8. The minimum Gasteiger partial charge on any atom is -0.371 e. The molecule has 0 saturated carbocycles. The smallest absolute Gasteiger partial charge is 0.254 e. The van der Waals surface area contributed by atoms with Crippen LogP contribution in [0.5, 0.6) is 0 Å². The molecule has 6 rings (SSSR count). The van der Waals surface area contributed by atoms with Crippen molar-refractivity contribution < 1.29 is 18.7 Å². The van der Waals surface area contributed by atoms with Gasteiger partial charge in [-0.1, -0.05) is 5.57 Å². The van der Waals surface area contributed by atoms with Crippen molar-refractivity contribution in [2.75, 3.05) is 20.1 Å². The number of H-pyrrole nitrogens is 1. The van der Waals surface area contributed by atoms with Crippen LogP contribution in [0.25, 0.3) is 11.0 Å². The van der Waals surface area contributed by atoms with Crippen LogP contribution in [0.4, 0.5) is 8.78 Å². The van der Waals surface area contributed by atoms with Crippen molar-refractivity contribution >= 4 is 28.9 Å². The van der Waals surface area contributed by atoms with E-state index in [1.165, 1.54) is 6.08 Å². The van der Waals surface area contributed by atoms with Gasteiger partial charge in [-0.15, -0.1) is 0 Å². The van der Waals surface area contributed by atoms with Crippen LogP contribution in [-0.4, -0.2) is 81.2 Å². The van der Waals surface area contributed by atoms with E-state index in [4.69, 9.17) is 9.98 Å². The van der Waals surface area contributed by atoms with E-state index in [0.717, 1.165) is 49.2 Å². The highest BCUT2D eigenvalue weighted by atomic mass is 19.1. The maximum Gasteiger partial charge on any atom is 0.254 e. The van der Waals surface area contributed by atoms with Crippen molar-refractivity contribution in [3.05, 3.63) is 64.5 Å². The number of rotatable bonds is 5. The normalized spacial score (nSPS) is 26.1. The number of likely N-dealkylation sites (tertiary alicyclic amines) is 1. The Morgan fingerprint density at radius 1 is 1.23 bits per heavy atom. The first kappa shape index (κ1) is 26.7. The second kappa shape index (κ2) is 10.8. The van der Waals surface area contributed by atoms with E-state index in [1.54, 1.807) is 6.21 Å². The number of carbonyl (C=O) groups is 1. The fraction of sp³-hybridized carbons (Fsp3) is 0.467. The number of aliphatic imine (C=N–C) groups is 2. The molecule has 40 heavy (non-hydrogen) atoms. The molecule has 3 atom stereocenters. The summed E-state index contributed by atoms with van der Waals surface area (Å²) in [5.74, 6) is -0.871. The molecule has 10 heteroatoms. The predicted octanol–water partition coefficient (Wildman–Crippen LogP) is 4.75. The topological polar surface area (TPSA) is 97.2 Å². The van der Waals surface area contributed by atoms with Crippen LogP contribution >= 0.6 is 0 Å². The highest BCUT2D eigenvalue weighted by molar-refractivity contribution is 6.03. The fourth-order valence-electron chi connectivity index (χ4n) is 6.26. The Labute approximate surface area is 231 Å². The zero-order valence-electron chi connectivity index (χ0n) is 22.8. The molecule has 3 unspecified atom stereocenters. The zero-order chi connectivity index (χ0) is 28.0. The molecular formula is C30H34F2N6O2. The summed E-state index contributed by atoms with van der Waals surface area (Å²) in [5, 5.41) is 10.8. The number of aliphatic hydroxyl groups is 1. The van der Waals surface area contributed by atoms with Gasteiger partial charge in [0.15, 0.2) is 6.23 Å². The number of aromatic amines is 1. The number of aliphatic hydroxyl groups excluding tert-OH is 1. The van der Waals surface area contributed by atoms with E-state index in [0.29, 0.717) is 47.6 Å². The van der Waals surface area contributed by atoms with Gasteiger partial charge in [0.1, 0.15) is 23.4 Å². The largest absolute Gasteiger partial charge is 0.371 e. The third-order valence-corrected chi connectivity index (χ3v) is 8.30. The van der Waals surface area contributed by atoms with Gasteiger partial charge in [0.05, 0.1) is 17.1 Å². The molecule has 1 fully saturated rings. The lowest BCUT2D eigenvalue weighted by molar-refractivity contribution is 0.0617. The Kier molecular flexibility index (Phi) is 7.22. The molecule has 1 aromatic heterocycles. The summed E-state index contributed by atoms with van der Waals surface area (Å²) in [6.45, 7) is 4.46. The average molecular weight is 549 g/mol. The average Bonchev–Trinajstić information content (AvgIpc) is 3.41. The molecule has 4 aliphatic rings. The van der Waals surface area contributed by atoms with E-state index < -0.39 is 18.0 Å². The van der Waals surface area contributed by atoms with E-state index in [2.05, 4.69) is 21.9 Å². The molecule has 2 N–H and O–H groups in total. The molecule has 0 spiro atoms. The predicted molar refractivity (Wildman–Crippen MR) is 151 cm³/mol. The third kappa shape index (κ3) is 5.30. The van der Waals surface area contributed by atoms with E-state index in [1.807, 2.05) is 24.0 Å². The SMILES string of the molecule is CC(CC1=CC(F)=CC=C(F)C1)N=C1CC=NC(O)C1c1nc2cc3c(cc2[nH]1)CN(C1CCN(C)CC1)C3=O. The first-order valence-corrected chi connectivity index (χ1v) is 13.9. The maximum atomic E-state index is 13.9. The number of aromatic nitrogens is 2. The van der Waals surface area contributed by atoms with Crippen LogP contribution in [-0.2, 0) is 6.54 Å². The van der Waals surface area contributed by atoms with Crippen LogP contribution < -0.4 is 0 Å². The van der Waals surface area contributed by atoms with Crippen LogP contribution in [0.1, 0.15) is 66.7 Å². The number of imidazole rings is 1. The van der Waals surface area contributed by atoms with Gasteiger partial charge < -0.3 is 19.9 Å². The van der Waals surface area contributed by atoms with Gasteiger partial charge in [-0.25, -0.2) is 13.8 Å². The number of nitrogens with one attached hydrogen (secondary N) is 1. The highest BCUT2D eigenvalue weighted by Gasteiger charge is 2.36. The Balaban J connectivity index is 1.24. The van der Waals surface area contributed by atoms with Gasteiger partial charge >= 0.3 is 0 Å². The number of fused-ring (bicyclic) bond motifs is 2. The van der Waals surface area contributed by atoms with Crippen molar-refractivity contribution in [2.24, 2.45) is 9.98 Å². The fourth-order valence-corrected chi connectivity index (χ4v) is 6.26. The van der Waals surface area contributed by atoms with Crippen LogP contribution in [0, 0.1) is 0 Å². The molecule has 0 radical (unpaired) electrons. The summed E-state index contributed by atoms with van der Waals surface area (Å²) in [5.41, 5.74) is 4.45. The molecule has 1 amide bonds. The summed E-state index contributed by atoms with van der Waals surface area (Å²) < 4.78 is 27.8. The summed E-state index contributed by atoms with van der Waals surface area (Å²) >= 11 is 0. The molecular weight excluding hydrogens is 514 g/mol. The minimum absolute atomic E-state index is 0.0504. The van der Waals surface area contributed by atoms with E-state index in [-0.39, 0.29) is 30.2 Å². The van der Waals surface area contributed by atoms with E-state index in [9.17, 15) is 18.7 Å². The Hall–Kier alpha value is -3.50. The van der Waals surface area contributed by atoms with Crippen LogP contribution in [0.2, 0.25) is 0 Å². The molecule has 210 valence electrons. The van der Waals surface area contributed by atoms with Crippen LogP contribution in [0.3, 0.4) is 0 Å². The van der Waals surface area contributed by atoms with Crippen molar-refractivity contribution in [2.45, 2.75) is 69.8 Å². The molecule has 1 saturated heterocycles. The number of amides is 1. The second-order valence-electron chi connectivity index (χ2n) is 11.4. The van der Waals surface area contributed by atoms with Crippen molar-refractivity contribution in [1.29, 1.82) is 0 Å². The maximum absolute atomic E-state index is 13.9. The minimum atomic E-state index is -1.06.